The fourth-order valence-electron chi connectivity index (χ4n) is 2.54. The second-order valence-electron chi connectivity index (χ2n) is 4.83. The van der Waals surface area contributed by atoms with Crippen LogP contribution < -0.4 is 5.32 Å². The molecular formula is C13H27NS. The van der Waals surface area contributed by atoms with E-state index in [-0.39, 0.29) is 0 Å². The van der Waals surface area contributed by atoms with Gasteiger partial charge in [0.2, 0.25) is 0 Å². The van der Waals surface area contributed by atoms with Gasteiger partial charge in [-0.05, 0) is 18.9 Å². The summed E-state index contributed by atoms with van der Waals surface area (Å²) in [5.41, 5.74) is 0. The van der Waals surface area contributed by atoms with Gasteiger partial charge in [0.25, 0.3) is 0 Å². The predicted molar refractivity (Wildman–Crippen MR) is 71.8 cm³/mol. The highest BCUT2D eigenvalue weighted by atomic mass is 32.1. The number of thiol groups is 1. The van der Waals surface area contributed by atoms with E-state index in [9.17, 15) is 0 Å². The van der Waals surface area contributed by atoms with Crippen LogP contribution in [0.1, 0.15) is 57.8 Å². The van der Waals surface area contributed by atoms with Crippen molar-refractivity contribution >= 4 is 12.6 Å². The van der Waals surface area contributed by atoms with Crippen LogP contribution in [-0.2, 0) is 0 Å². The van der Waals surface area contributed by atoms with Crippen molar-refractivity contribution in [2.45, 2.75) is 57.8 Å². The van der Waals surface area contributed by atoms with Crippen molar-refractivity contribution in [3.63, 3.8) is 0 Å². The van der Waals surface area contributed by atoms with Gasteiger partial charge in [-0.25, -0.2) is 0 Å². The zero-order chi connectivity index (χ0) is 10.8. The third-order valence-electron chi connectivity index (χ3n) is 3.48. The SMILES string of the molecule is SCCNCCCCCCC1CCCC1. The smallest absolute Gasteiger partial charge is 0.00397 e. The molecule has 0 heterocycles. The van der Waals surface area contributed by atoms with Gasteiger partial charge in [0.1, 0.15) is 0 Å². The molecule has 0 unspecified atom stereocenters. The molecule has 90 valence electrons. The standard InChI is InChI=1S/C13H27NS/c15-12-11-14-10-6-2-1-3-7-13-8-4-5-9-13/h13-15H,1-12H2. The number of hydrogen-bond acceptors (Lipinski definition) is 2. The summed E-state index contributed by atoms with van der Waals surface area (Å²) in [6.07, 6.45) is 13.2. The molecule has 0 saturated heterocycles. The Hall–Kier alpha value is 0.310. The molecule has 0 aromatic rings. The van der Waals surface area contributed by atoms with E-state index in [1.165, 1.54) is 64.3 Å². The van der Waals surface area contributed by atoms with Crippen molar-refractivity contribution in [1.29, 1.82) is 0 Å². The largest absolute Gasteiger partial charge is 0.316 e. The maximum Gasteiger partial charge on any atom is 0.00397 e. The van der Waals surface area contributed by atoms with Gasteiger partial charge >= 0.3 is 0 Å². The van der Waals surface area contributed by atoms with E-state index in [1.54, 1.807) is 0 Å². The van der Waals surface area contributed by atoms with E-state index < -0.39 is 0 Å². The normalized spacial score (nSPS) is 17.4. The predicted octanol–water partition coefficient (Wildman–Crippen LogP) is 3.65. The van der Waals surface area contributed by atoms with Crippen molar-refractivity contribution in [3.05, 3.63) is 0 Å². The minimum Gasteiger partial charge on any atom is -0.316 e. The van der Waals surface area contributed by atoms with Gasteiger partial charge in [0.15, 0.2) is 0 Å². The van der Waals surface area contributed by atoms with Crippen molar-refractivity contribution in [2.24, 2.45) is 5.92 Å². The molecule has 1 fully saturated rings. The van der Waals surface area contributed by atoms with Crippen LogP contribution in [0.5, 0.6) is 0 Å². The first-order valence-electron chi connectivity index (χ1n) is 6.75. The molecule has 0 radical (unpaired) electrons. The maximum atomic E-state index is 4.17. The molecule has 0 spiro atoms. The Bertz CT molecular complexity index is 132. The van der Waals surface area contributed by atoms with E-state index in [0.29, 0.717) is 0 Å². The average molecular weight is 229 g/mol. The Labute approximate surface area is 101 Å². The quantitative estimate of drug-likeness (QED) is 0.454. The third kappa shape index (κ3) is 7.24. The molecule has 1 nitrogen and oxygen atoms in total. The summed E-state index contributed by atoms with van der Waals surface area (Å²) in [4.78, 5) is 0. The Kier molecular flexibility index (Phi) is 8.50. The van der Waals surface area contributed by atoms with Crippen LogP contribution in [0, 0.1) is 5.92 Å². The van der Waals surface area contributed by atoms with Crippen molar-refractivity contribution in [2.75, 3.05) is 18.8 Å². The third-order valence-corrected chi connectivity index (χ3v) is 3.70. The van der Waals surface area contributed by atoms with Gasteiger partial charge < -0.3 is 5.32 Å². The van der Waals surface area contributed by atoms with E-state index in [0.717, 1.165) is 18.2 Å². The lowest BCUT2D eigenvalue weighted by Gasteiger charge is -2.08. The van der Waals surface area contributed by atoms with Crippen LogP contribution >= 0.6 is 12.6 Å². The Morgan fingerprint density at radius 3 is 2.40 bits per heavy atom. The van der Waals surface area contributed by atoms with Gasteiger partial charge in [0.05, 0.1) is 0 Å². The molecule has 2 heteroatoms. The zero-order valence-corrected chi connectivity index (χ0v) is 10.9. The van der Waals surface area contributed by atoms with Crippen molar-refractivity contribution < 1.29 is 0 Å². The maximum absolute atomic E-state index is 4.17. The second-order valence-corrected chi connectivity index (χ2v) is 5.27. The number of nitrogens with one attached hydrogen (secondary N) is 1. The zero-order valence-electron chi connectivity index (χ0n) is 10.0. The Balaban J connectivity index is 1.73. The van der Waals surface area contributed by atoms with E-state index >= 15 is 0 Å². The molecule has 0 amide bonds. The minimum atomic E-state index is 0.960. The van der Waals surface area contributed by atoms with Crippen LogP contribution in [0.2, 0.25) is 0 Å². The fraction of sp³-hybridized carbons (Fsp3) is 1.00. The number of rotatable bonds is 9. The topological polar surface area (TPSA) is 12.0 Å². The van der Waals surface area contributed by atoms with Gasteiger partial charge in [-0.15, -0.1) is 0 Å². The summed E-state index contributed by atoms with van der Waals surface area (Å²) in [5, 5.41) is 3.39. The Morgan fingerprint density at radius 2 is 1.67 bits per heavy atom. The molecule has 1 aliphatic rings. The lowest BCUT2D eigenvalue weighted by molar-refractivity contribution is 0.463. The lowest BCUT2D eigenvalue weighted by Crippen LogP contribution is -2.17. The summed E-state index contributed by atoms with van der Waals surface area (Å²) >= 11 is 4.17. The summed E-state index contributed by atoms with van der Waals surface area (Å²) in [6, 6.07) is 0. The molecule has 0 atom stereocenters. The van der Waals surface area contributed by atoms with Crippen molar-refractivity contribution in [3.8, 4) is 0 Å². The molecule has 0 aliphatic heterocycles. The first kappa shape index (κ1) is 13.4. The molecule has 1 aliphatic carbocycles. The number of unbranched alkanes of at least 4 members (excludes halogenated alkanes) is 3. The summed E-state index contributed by atoms with van der Waals surface area (Å²) in [5.74, 6) is 2.05. The lowest BCUT2D eigenvalue weighted by atomic mass is 9.99. The average Bonchev–Trinajstić information content (AvgIpc) is 2.75. The highest BCUT2D eigenvalue weighted by Gasteiger charge is 2.13. The molecule has 1 N–H and O–H groups in total. The first-order valence-corrected chi connectivity index (χ1v) is 7.38. The van der Waals surface area contributed by atoms with Gasteiger partial charge in [0, 0.05) is 12.3 Å². The van der Waals surface area contributed by atoms with Gasteiger partial charge in [-0.3, -0.25) is 0 Å². The molecule has 0 bridgehead atoms. The molecule has 0 aromatic carbocycles. The molecule has 1 saturated carbocycles. The Morgan fingerprint density at radius 1 is 0.933 bits per heavy atom. The minimum absolute atomic E-state index is 0.960. The first-order chi connectivity index (χ1) is 7.43. The molecular weight excluding hydrogens is 202 g/mol. The summed E-state index contributed by atoms with van der Waals surface area (Å²) in [6.45, 7) is 2.25. The van der Waals surface area contributed by atoms with Crippen LogP contribution in [0.25, 0.3) is 0 Å². The van der Waals surface area contributed by atoms with E-state index in [4.69, 9.17) is 0 Å². The van der Waals surface area contributed by atoms with Gasteiger partial charge in [-0.2, -0.15) is 12.6 Å². The van der Waals surface area contributed by atoms with Gasteiger partial charge in [-0.1, -0.05) is 51.4 Å². The van der Waals surface area contributed by atoms with Crippen LogP contribution in [-0.4, -0.2) is 18.8 Å². The fourth-order valence-corrected chi connectivity index (χ4v) is 2.70. The summed E-state index contributed by atoms with van der Waals surface area (Å²) in [7, 11) is 0. The highest BCUT2D eigenvalue weighted by molar-refractivity contribution is 7.80. The van der Waals surface area contributed by atoms with E-state index in [2.05, 4.69) is 17.9 Å². The van der Waals surface area contributed by atoms with Crippen LogP contribution in [0.15, 0.2) is 0 Å². The molecule has 15 heavy (non-hydrogen) atoms. The summed E-state index contributed by atoms with van der Waals surface area (Å²) < 4.78 is 0. The van der Waals surface area contributed by atoms with Crippen LogP contribution in [0.3, 0.4) is 0 Å². The second kappa shape index (κ2) is 9.53. The number of hydrogen-bond donors (Lipinski definition) is 2. The molecule has 0 aromatic heterocycles. The van der Waals surface area contributed by atoms with E-state index in [1.807, 2.05) is 0 Å². The monoisotopic (exact) mass is 229 g/mol. The highest BCUT2D eigenvalue weighted by Crippen LogP contribution is 2.29. The van der Waals surface area contributed by atoms with Crippen LogP contribution in [0.4, 0.5) is 0 Å². The molecule has 1 rings (SSSR count). The van der Waals surface area contributed by atoms with Crippen molar-refractivity contribution in [1.82, 2.24) is 5.32 Å².